The molecule has 0 bridgehead atoms. The van der Waals surface area contributed by atoms with E-state index in [0.29, 0.717) is 5.56 Å². The summed E-state index contributed by atoms with van der Waals surface area (Å²) in [5, 5.41) is 17.1. The van der Waals surface area contributed by atoms with Crippen molar-refractivity contribution in [3.05, 3.63) is 97.1 Å². The van der Waals surface area contributed by atoms with E-state index >= 15 is 0 Å². The van der Waals surface area contributed by atoms with Gasteiger partial charge in [0.2, 0.25) is 11.8 Å². The number of nitrogens with one attached hydrogen (secondary N) is 3. The van der Waals surface area contributed by atoms with Crippen LogP contribution in [0.2, 0.25) is 0 Å². The van der Waals surface area contributed by atoms with Gasteiger partial charge in [0.25, 0.3) is 0 Å². The smallest absolute Gasteiger partial charge is 0.408 e. The summed E-state index contributed by atoms with van der Waals surface area (Å²) in [7, 11) is 0. The standard InChI is InChI=1S/C31H39N3O7/c1-4-12-25(18-28(36)33-22(3)20-35)29(37)32-19-27(24-16-10-7-11-17-24)41-30(38)26(13-5-2)34-31(39)40-21-23-14-8-6-9-15-23/h4-11,14-17,22,25-27,35H,1-2,12-13,18-21H2,3H3,(H,32,37)(H,33,36)(H,34,39)/t22-,25+,26-,27-/m1/s1. The highest BCUT2D eigenvalue weighted by Crippen LogP contribution is 2.19. The summed E-state index contributed by atoms with van der Waals surface area (Å²) in [4.78, 5) is 50.8. The number of hydrogen-bond donors (Lipinski definition) is 4. The van der Waals surface area contributed by atoms with Crippen molar-refractivity contribution in [3.8, 4) is 0 Å². The number of amides is 3. The molecule has 0 spiro atoms. The van der Waals surface area contributed by atoms with E-state index in [-0.39, 0.29) is 44.9 Å². The van der Waals surface area contributed by atoms with Crippen molar-refractivity contribution in [2.45, 2.75) is 51.0 Å². The molecule has 0 heterocycles. The first kappa shape index (κ1) is 32.8. The second-order valence-electron chi connectivity index (χ2n) is 9.44. The zero-order valence-electron chi connectivity index (χ0n) is 23.3. The molecule has 0 aromatic heterocycles. The lowest BCUT2D eigenvalue weighted by Gasteiger charge is -2.24. The third-order valence-electron chi connectivity index (χ3n) is 6.02. The maximum atomic E-state index is 13.1. The number of hydrogen-bond acceptors (Lipinski definition) is 7. The summed E-state index contributed by atoms with van der Waals surface area (Å²) in [6.07, 6.45) is 1.59. The Kier molecular flexibility index (Phi) is 14.4. The number of allylic oxidation sites excluding steroid dienone is 1. The SMILES string of the molecule is C=CC[C@@H](CC(=O)N[C@H](C)CO)C(=O)NC[C@@H](OC(=O)[C@@H](CC=C)NC(=O)OCc1ccccc1)c1ccccc1. The van der Waals surface area contributed by atoms with Crippen LogP contribution in [0.5, 0.6) is 0 Å². The van der Waals surface area contributed by atoms with Gasteiger partial charge in [-0.2, -0.15) is 0 Å². The molecule has 41 heavy (non-hydrogen) atoms. The van der Waals surface area contributed by atoms with Crippen LogP contribution in [0, 0.1) is 5.92 Å². The van der Waals surface area contributed by atoms with Gasteiger partial charge in [-0.25, -0.2) is 9.59 Å². The highest BCUT2D eigenvalue weighted by atomic mass is 16.6. The van der Waals surface area contributed by atoms with Gasteiger partial charge in [-0.05, 0) is 30.9 Å². The largest absolute Gasteiger partial charge is 0.454 e. The average Bonchev–Trinajstić information content (AvgIpc) is 2.98. The molecular weight excluding hydrogens is 526 g/mol. The molecule has 220 valence electrons. The first-order valence-electron chi connectivity index (χ1n) is 13.4. The molecule has 2 aromatic carbocycles. The lowest BCUT2D eigenvalue weighted by Crippen LogP contribution is -2.43. The highest BCUT2D eigenvalue weighted by molar-refractivity contribution is 5.86. The predicted octanol–water partition coefficient (Wildman–Crippen LogP) is 3.34. The van der Waals surface area contributed by atoms with E-state index in [9.17, 15) is 19.2 Å². The highest BCUT2D eigenvalue weighted by Gasteiger charge is 2.28. The molecular formula is C31H39N3O7. The zero-order valence-corrected chi connectivity index (χ0v) is 23.3. The molecule has 10 heteroatoms. The maximum Gasteiger partial charge on any atom is 0.408 e. The maximum absolute atomic E-state index is 13.1. The van der Waals surface area contributed by atoms with Crippen molar-refractivity contribution in [1.82, 2.24) is 16.0 Å². The zero-order chi connectivity index (χ0) is 30.0. The summed E-state index contributed by atoms with van der Waals surface area (Å²) < 4.78 is 11.0. The average molecular weight is 566 g/mol. The lowest BCUT2D eigenvalue weighted by molar-refractivity contribution is -0.152. The minimum absolute atomic E-state index is 0.0318. The second-order valence-corrected chi connectivity index (χ2v) is 9.44. The molecule has 2 aromatic rings. The molecule has 2 rings (SSSR count). The number of benzene rings is 2. The Morgan fingerprint density at radius 3 is 2.17 bits per heavy atom. The van der Waals surface area contributed by atoms with Crippen molar-refractivity contribution in [1.29, 1.82) is 0 Å². The fourth-order valence-corrected chi connectivity index (χ4v) is 3.83. The third-order valence-corrected chi connectivity index (χ3v) is 6.02. The molecule has 0 radical (unpaired) electrons. The van der Waals surface area contributed by atoms with Crippen LogP contribution < -0.4 is 16.0 Å². The Morgan fingerprint density at radius 2 is 1.56 bits per heavy atom. The number of alkyl carbamates (subject to hydrolysis) is 1. The molecule has 0 unspecified atom stereocenters. The molecule has 0 aliphatic rings. The van der Waals surface area contributed by atoms with Crippen LogP contribution in [0.25, 0.3) is 0 Å². The van der Waals surface area contributed by atoms with Crippen molar-refractivity contribution in [2.75, 3.05) is 13.2 Å². The third kappa shape index (κ3) is 12.1. The molecule has 0 saturated heterocycles. The second kappa shape index (κ2) is 18.0. The fourth-order valence-electron chi connectivity index (χ4n) is 3.83. The van der Waals surface area contributed by atoms with Gasteiger partial charge in [0.15, 0.2) is 0 Å². The van der Waals surface area contributed by atoms with Crippen LogP contribution in [0.1, 0.15) is 43.4 Å². The topological polar surface area (TPSA) is 143 Å². The molecule has 10 nitrogen and oxygen atoms in total. The van der Waals surface area contributed by atoms with E-state index in [1.807, 2.05) is 30.3 Å². The number of ether oxygens (including phenoxy) is 2. The monoisotopic (exact) mass is 565 g/mol. The summed E-state index contributed by atoms with van der Waals surface area (Å²) in [6.45, 7) is 8.71. The molecule has 0 aliphatic heterocycles. The molecule has 4 atom stereocenters. The first-order chi connectivity index (χ1) is 19.8. The van der Waals surface area contributed by atoms with Gasteiger partial charge in [-0.15, -0.1) is 13.2 Å². The minimum Gasteiger partial charge on any atom is -0.454 e. The van der Waals surface area contributed by atoms with Crippen molar-refractivity contribution < 1.29 is 33.8 Å². The molecule has 0 saturated carbocycles. The number of rotatable bonds is 17. The number of carbonyl (C=O) groups is 4. The molecule has 0 aliphatic carbocycles. The van der Waals surface area contributed by atoms with Crippen LogP contribution >= 0.6 is 0 Å². The molecule has 0 fully saturated rings. The van der Waals surface area contributed by atoms with Crippen molar-refractivity contribution in [2.24, 2.45) is 5.92 Å². The number of aliphatic hydroxyl groups excluding tert-OH is 1. The summed E-state index contributed by atoms with van der Waals surface area (Å²) >= 11 is 0. The van der Waals surface area contributed by atoms with Gasteiger partial charge in [-0.3, -0.25) is 9.59 Å². The molecule has 4 N–H and O–H groups in total. The number of aliphatic hydroxyl groups is 1. The van der Waals surface area contributed by atoms with Crippen molar-refractivity contribution in [3.63, 3.8) is 0 Å². The van der Waals surface area contributed by atoms with Crippen LogP contribution in [-0.2, 0) is 30.5 Å². The Balaban J connectivity index is 2.06. The Morgan fingerprint density at radius 1 is 0.927 bits per heavy atom. The van der Waals surface area contributed by atoms with Crippen LogP contribution in [0.3, 0.4) is 0 Å². The van der Waals surface area contributed by atoms with Crippen LogP contribution in [-0.4, -0.2) is 54.2 Å². The number of carbonyl (C=O) groups excluding carboxylic acids is 4. The minimum atomic E-state index is -1.07. The summed E-state index contributed by atoms with van der Waals surface area (Å²) in [5.74, 6) is -2.24. The predicted molar refractivity (Wildman–Crippen MR) is 154 cm³/mol. The first-order valence-corrected chi connectivity index (χ1v) is 13.4. The van der Waals surface area contributed by atoms with Gasteiger partial charge in [-0.1, -0.05) is 72.8 Å². The quantitative estimate of drug-likeness (QED) is 0.170. The van der Waals surface area contributed by atoms with Gasteiger partial charge in [0.1, 0.15) is 18.8 Å². The lowest BCUT2D eigenvalue weighted by atomic mass is 9.99. The van der Waals surface area contributed by atoms with Gasteiger partial charge in [0.05, 0.1) is 19.1 Å². The number of esters is 1. The van der Waals surface area contributed by atoms with Gasteiger partial charge < -0.3 is 30.5 Å². The van der Waals surface area contributed by atoms with Crippen molar-refractivity contribution >= 4 is 23.9 Å². The van der Waals surface area contributed by atoms with E-state index in [4.69, 9.17) is 14.6 Å². The van der Waals surface area contributed by atoms with Crippen LogP contribution in [0.15, 0.2) is 86.0 Å². The Hall–Kier alpha value is -4.44. The van der Waals surface area contributed by atoms with E-state index in [1.165, 1.54) is 6.08 Å². The van der Waals surface area contributed by atoms with E-state index in [0.717, 1.165) is 5.56 Å². The van der Waals surface area contributed by atoms with Gasteiger partial charge >= 0.3 is 12.1 Å². The van der Waals surface area contributed by atoms with E-state index in [2.05, 4.69) is 29.1 Å². The summed E-state index contributed by atoms with van der Waals surface area (Å²) in [5.41, 5.74) is 1.42. The Bertz CT molecular complexity index is 1140. The normalized spacial score (nSPS) is 13.4. The van der Waals surface area contributed by atoms with Crippen LogP contribution in [0.4, 0.5) is 4.79 Å². The fraction of sp³-hybridized carbons (Fsp3) is 0.355. The summed E-state index contributed by atoms with van der Waals surface area (Å²) in [6, 6.07) is 16.4. The van der Waals surface area contributed by atoms with Gasteiger partial charge in [0, 0.05) is 12.5 Å². The molecule has 3 amide bonds. The van der Waals surface area contributed by atoms with E-state index < -0.39 is 42.1 Å². The van der Waals surface area contributed by atoms with E-state index in [1.54, 1.807) is 43.3 Å². The Labute approximate surface area is 240 Å².